The molecular formula is C54H84Na4O15S4. The van der Waals surface area contributed by atoms with Gasteiger partial charge in [0, 0.05) is 0 Å². The Morgan fingerprint density at radius 1 is 0.558 bits per heavy atom. The van der Waals surface area contributed by atoms with Crippen molar-refractivity contribution in [1.82, 2.24) is 0 Å². The van der Waals surface area contributed by atoms with E-state index in [0.29, 0.717) is 18.3 Å². The van der Waals surface area contributed by atoms with E-state index in [1.54, 1.807) is 0 Å². The van der Waals surface area contributed by atoms with Crippen molar-refractivity contribution in [2.45, 2.75) is 203 Å². The molecule has 23 heteroatoms. The van der Waals surface area contributed by atoms with Gasteiger partial charge in [-0.25, -0.2) is 33.7 Å². The molecule has 9 aliphatic carbocycles. The van der Waals surface area contributed by atoms with Crippen molar-refractivity contribution < 1.29 is 185 Å². The molecular weight excluding hydrogens is 1110 g/mol. The van der Waals surface area contributed by atoms with Crippen molar-refractivity contribution in [2.24, 2.45) is 104 Å². The van der Waals surface area contributed by atoms with Gasteiger partial charge < -0.3 is 33.5 Å². The fourth-order valence-electron chi connectivity index (χ4n) is 21.0. The van der Waals surface area contributed by atoms with E-state index >= 15 is 0 Å². The van der Waals surface area contributed by atoms with Gasteiger partial charge in [0.05, 0.1) is 59.5 Å². The van der Waals surface area contributed by atoms with Gasteiger partial charge in [-0.05, 0) is 220 Å². The Labute approximate surface area is 550 Å². The fourth-order valence-corrected chi connectivity index (χ4v) is 25.7. The summed E-state index contributed by atoms with van der Waals surface area (Å²) in [7, 11) is -19.4. The average molecular weight is 1190 g/mol. The van der Waals surface area contributed by atoms with Gasteiger partial charge >= 0.3 is 118 Å². The van der Waals surface area contributed by atoms with Crippen LogP contribution in [-0.2, 0) is 40.5 Å². The monoisotopic (exact) mass is 1190 g/mol. The Kier molecular flexibility index (Phi) is 22.5. The van der Waals surface area contributed by atoms with E-state index in [4.69, 9.17) is 0 Å². The summed E-state index contributed by atoms with van der Waals surface area (Å²) in [6, 6.07) is 0. The van der Waals surface area contributed by atoms with Gasteiger partial charge in [0.1, 0.15) is 20.2 Å². The molecule has 0 aromatic rings. The second-order valence-electron chi connectivity index (χ2n) is 27.5. The van der Waals surface area contributed by atoms with Crippen molar-refractivity contribution in [1.29, 1.82) is 0 Å². The van der Waals surface area contributed by atoms with Crippen molar-refractivity contribution in [3.05, 3.63) is 24.3 Å². The van der Waals surface area contributed by atoms with Crippen LogP contribution in [-0.4, -0.2) is 107 Å². The van der Waals surface area contributed by atoms with Crippen LogP contribution < -0.4 is 118 Å². The molecule has 0 aromatic carbocycles. The van der Waals surface area contributed by atoms with E-state index in [2.05, 4.69) is 47.3 Å². The maximum atomic E-state index is 13.0. The summed E-state index contributed by atoms with van der Waals surface area (Å²) in [6.45, 7) is 19.5. The van der Waals surface area contributed by atoms with E-state index in [0.717, 1.165) is 70.6 Å². The van der Waals surface area contributed by atoms with Gasteiger partial charge in [-0.3, -0.25) is 0 Å². The molecule has 0 spiro atoms. The second-order valence-corrected chi connectivity index (χ2v) is 33.9. The zero-order valence-corrected chi connectivity index (χ0v) is 59.3. The van der Waals surface area contributed by atoms with Crippen molar-refractivity contribution in [2.75, 3.05) is 0 Å². The Bertz CT molecular complexity index is 2660. The predicted molar refractivity (Wildman–Crippen MR) is 271 cm³/mol. The Balaban J connectivity index is 0.00000273. The quantitative estimate of drug-likeness (QED) is 0.0938. The number of hydrogen-bond acceptors (Lipinski definition) is 15. The van der Waals surface area contributed by atoms with Crippen LogP contribution in [0.1, 0.15) is 164 Å². The molecule has 0 saturated heterocycles. The molecule has 0 aliphatic heterocycles. The molecule has 15 nitrogen and oxygen atoms in total. The minimum atomic E-state index is -4.88. The number of hydrogen-bond donors (Lipinski definition) is 3. The van der Waals surface area contributed by atoms with Gasteiger partial charge in [-0.1, -0.05) is 72.8 Å². The van der Waals surface area contributed by atoms with Gasteiger partial charge in [0.2, 0.25) is 0 Å². The van der Waals surface area contributed by atoms with E-state index < -0.39 is 102 Å². The number of aliphatic hydroxyl groups is 3. The SMILES string of the molecule is C=C1CC[C@@](C)(/C=C/[C@H](O)[C@@H](C)[C@H]2CC[C@H]3[C@@H]4C[C@H](S(=O)(=O)[O-])C5C[C@@H](O)[C@@H](S(=O)(=O)[O-])C[C@]5(C)[C@H]4CC[C@]23C)[C@H]1CC[C@@H](C)[C@H]1CC[C@H]2[C@@H]3C[C@H](S(=O)(=O)[O-])C4C[C@@H](O)[C@@H](S(=O)(=O)[O-])C[C@]4(C)[C@H]3CC[C@]12C.[Na+].[Na+].[Na+].[Na+]. The zero-order valence-electron chi connectivity index (χ0n) is 48.0. The smallest absolute Gasteiger partial charge is 0.748 e. The first-order chi connectivity index (χ1) is 33.5. The summed E-state index contributed by atoms with van der Waals surface area (Å²) >= 11 is 0. The van der Waals surface area contributed by atoms with Crippen LogP contribution in [0.3, 0.4) is 0 Å². The fraction of sp³-hybridized carbons (Fsp3) is 0.926. The summed E-state index contributed by atoms with van der Waals surface area (Å²) in [5.74, 6) is -0.978. The first-order valence-electron chi connectivity index (χ1n) is 27.7. The third-order valence-electron chi connectivity index (χ3n) is 24.6. The Hall–Kier alpha value is 3.00. The van der Waals surface area contributed by atoms with E-state index in [1.165, 1.54) is 5.57 Å². The number of rotatable bonds is 12. The van der Waals surface area contributed by atoms with E-state index in [-0.39, 0.29) is 226 Å². The first kappa shape index (κ1) is 70.8. The van der Waals surface area contributed by atoms with Crippen LogP contribution in [0.15, 0.2) is 24.3 Å². The molecule has 0 radical (unpaired) electrons. The average Bonchev–Trinajstić information content (AvgIpc) is 3.91. The van der Waals surface area contributed by atoms with Gasteiger partial charge in [-0.15, -0.1) is 0 Å². The molecule has 2 unspecified atom stereocenters. The van der Waals surface area contributed by atoms with E-state index in [9.17, 15) is 67.2 Å². The number of aliphatic hydroxyl groups excluding tert-OH is 3. The summed E-state index contributed by atoms with van der Waals surface area (Å²) < 4.78 is 152. The molecule has 9 aliphatic rings. The summed E-state index contributed by atoms with van der Waals surface area (Å²) in [6.07, 6.45) is 10.1. The largest absolute Gasteiger partial charge is 1.00 e. The third kappa shape index (κ3) is 12.4. The van der Waals surface area contributed by atoms with Crippen LogP contribution in [0.25, 0.3) is 0 Å². The van der Waals surface area contributed by atoms with Crippen molar-refractivity contribution >= 4 is 40.5 Å². The molecule has 0 heterocycles. The maximum Gasteiger partial charge on any atom is 1.00 e. The minimum Gasteiger partial charge on any atom is -0.748 e. The maximum absolute atomic E-state index is 13.0. The molecule has 3 N–H and O–H groups in total. The summed E-state index contributed by atoms with van der Waals surface area (Å²) in [4.78, 5) is 0. The van der Waals surface area contributed by atoms with Gasteiger partial charge in [0.25, 0.3) is 0 Å². The standard InChI is InChI=1S/C54H88O15S4.4Na/c1-29(35-11-13-37-32-23-46(70(58,59)60)41-25-44(56)48(72(64,65)66)27-53(41,7)39(32)16-21-51(35,37)5)9-10-34-30(2)15-19-50(34,4)20-18-43(55)31(3)36-12-14-38-33-24-47(71(61,62)63)42-26-45(57)49(73(67,68)69)28-54(42,8)40(33)17-22-52(36,38)6;;;;/h18,20,29,31-49,55-57H,2,9-17,19,21-28H2,1,3-8H3,(H,58,59,60)(H,61,62,63)(H,64,65,66)(H,67,68,69);;;;/q;4*+1/p-4/b20-18+;;;;/t29-,31+,32+,33+,34+,35-,36-,37+,38+,39+,40+,41?,42?,43+,44-,45-,46+,47+,48+,49+,50+,51-,52-,53-,54-;;;;/m1..../s1. The predicted octanol–water partition coefficient (Wildman–Crippen LogP) is -4.92. The molecule has 9 fully saturated rings. The molecule has 25 atom stereocenters. The second kappa shape index (κ2) is 24.5. The molecule has 0 bridgehead atoms. The topological polar surface area (TPSA) is 289 Å². The molecule has 9 rings (SSSR count). The van der Waals surface area contributed by atoms with Crippen molar-refractivity contribution in [3.8, 4) is 0 Å². The molecule has 0 aromatic heterocycles. The first-order valence-corrected chi connectivity index (χ1v) is 33.6. The summed E-state index contributed by atoms with van der Waals surface area (Å²) in [5.41, 5.74) is -1.27. The van der Waals surface area contributed by atoms with Gasteiger partial charge in [-0.2, -0.15) is 0 Å². The van der Waals surface area contributed by atoms with Crippen LogP contribution in [0, 0.1) is 104 Å². The van der Waals surface area contributed by atoms with Gasteiger partial charge in [0.15, 0.2) is 0 Å². The minimum absolute atomic E-state index is 0. The summed E-state index contributed by atoms with van der Waals surface area (Å²) in [5, 5.41) is 28.1. The molecule has 418 valence electrons. The zero-order chi connectivity index (χ0) is 53.8. The van der Waals surface area contributed by atoms with Crippen LogP contribution in [0.5, 0.6) is 0 Å². The van der Waals surface area contributed by atoms with Crippen LogP contribution in [0.2, 0.25) is 0 Å². The Morgan fingerprint density at radius 3 is 1.36 bits per heavy atom. The molecule has 77 heavy (non-hydrogen) atoms. The van der Waals surface area contributed by atoms with Crippen molar-refractivity contribution in [3.63, 3.8) is 0 Å². The normalized spacial score (nSPS) is 47.9. The van der Waals surface area contributed by atoms with E-state index in [1.807, 2.05) is 19.9 Å². The van der Waals surface area contributed by atoms with Crippen LogP contribution in [0.4, 0.5) is 0 Å². The Morgan fingerprint density at radius 2 is 0.948 bits per heavy atom. The molecule has 9 saturated carbocycles. The number of fused-ring (bicyclic) bond motifs is 10. The molecule has 0 amide bonds. The van der Waals surface area contributed by atoms with Crippen LogP contribution >= 0.6 is 0 Å². The third-order valence-corrected chi connectivity index (χ3v) is 29.6. The number of allylic oxidation sites excluding steroid dienone is 2.